The predicted octanol–water partition coefficient (Wildman–Crippen LogP) is 5.90. The average molecular weight is 410 g/mol. The molecule has 4 nitrogen and oxygen atoms in total. The molecule has 7 heteroatoms. The van der Waals surface area contributed by atoms with Crippen molar-refractivity contribution in [3.8, 4) is 11.8 Å². The van der Waals surface area contributed by atoms with Gasteiger partial charge in [0.2, 0.25) is 0 Å². The smallest absolute Gasteiger partial charge is 0.266 e. The van der Waals surface area contributed by atoms with E-state index in [0.29, 0.717) is 38.7 Å². The van der Waals surface area contributed by atoms with E-state index in [4.69, 9.17) is 39.5 Å². The first-order valence-electron chi connectivity index (χ1n) is 7.66. The maximum absolute atomic E-state index is 12.5. The Morgan fingerprint density at radius 3 is 2.62 bits per heavy atom. The van der Waals surface area contributed by atoms with Crippen LogP contribution >= 0.6 is 34.8 Å². The molecule has 0 atom stereocenters. The zero-order chi connectivity index (χ0) is 19.3. The number of anilines is 1. The summed E-state index contributed by atoms with van der Waals surface area (Å²) in [4.78, 5) is 12.5. The highest BCUT2D eigenvalue weighted by atomic mass is 35.5. The molecule has 0 fully saturated rings. The molecule has 0 aromatic heterocycles. The van der Waals surface area contributed by atoms with Gasteiger partial charge in [-0.15, -0.1) is 0 Å². The van der Waals surface area contributed by atoms with Gasteiger partial charge in [-0.1, -0.05) is 40.9 Å². The molecule has 1 N–H and O–H groups in total. The number of carbonyl (C=O) groups is 1. The van der Waals surface area contributed by atoms with Crippen molar-refractivity contribution >= 4 is 52.5 Å². The monoisotopic (exact) mass is 408 g/mol. The molecule has 0 aliphatic rings. The molecule has 0 saturated heterocycles. The van der Waals surface area contributed by atoms with Gasteiger partial charge in [-0.3, -0.25) is 4.79 Å². The number of nitriles is 1. The predicted molar refractivity (Wildman–Crippen MR) is 106 cm³/mol. The van der Waals surface area contributed by atoms with Crippen LogP contribution in [0.1, 0.15) is 18.1 Å². The minimum absolute atomic E-state index is 0.122. The SMILES string of the molecule is CCOc1c(Cl)cc(Cl)cc1/C=C(\C#N)C(=O)Nc1cc(Cl)ccc1C. The topological polar surface area (TPSA) is 62.1 Å². The van der Waals surface area contributed by atoms with Crippen LogP contribution in [0.2, 0.25) is 15.1 Å². The third-order valence-corrected chi connectivity index (χ3v) is 4.17. The average Bonchev–Trinajstić information content (AvgIpc) is 2.58. The number of amides is 1. The Kier molecular flexibility index (Phi) is 6.93. The van der Waals surface area contributed by atoms with Crippen LogP contribution in [0.15, 0.2) is 35.9 Å². The molecule has 0 spiro atoms. The molecular weight excluding hydrogens is 395 g/mol. The third-order valence-electron chi connectivity index (χ3n) is 3.44. The lowest BCUT2D eigenvalue weighted by Gasteiger charge is -2.11. The van der Waals surface area contributed by atoms with Crippen LogP contribution in [0, 0.1) is 18.3 Å². The largest absolute Gasteiger partial charge is 0.492 e. The molecule has 0 aliphatic heterocycles. The number of aryl methyl sites for hydroxylation is 1. The van der Waals surface area contributed by atoms with Crippen LogP contribution in [0.4, 0.5) is 5.69 Å². The fraction of sp³-hybridized carbons (Fsp3) is 0.158. The Balaban J connectivity index is 2.40. The molecule has 0 heterocycles. The van der Waals surface area contributed by atoms with E-state index in [1.54, 1.807) is 31.2 Å². The van der Waals surface area contributed by atoms with Crippen LogP contribution in [0.25, 0.3) is 6.08 Å². The Morgan fingerprint density at radius 1 is 1.23 bits per heavy atom. The fourth-order valence-electron chi connectivity index (χ4n) is 2.21. The van der Waals surface area contributed by atoms with Gasteiger partial charge in [0.05, 0.1) is 11.6 Å². The third kappa shape index (κ3) is 4.92. The van der Waals surface area contributed by atoms with Gasteiger partial charge in [0.25, 0.3) is 5.91 Å². The molecule has 1 amide bonds. The summed E-state index contributed by atoms with van der Waals surface area (Å²) in [7, 11) is 0. The number of ether oxygens (including phenoxy) is 1. The Labute approximate surface area is 166 Å². The molecule has 0 aliphatic carbocycles. The summed E-state index contributed by atoms with van der Waals surface area (Å²) >= 11 is 18.1. The molecule has 2 aromatic rings. The van der Waals surface area contributed by atoms with Crippen LogP contribution in [0.5, 0.6) is 5.75 Å². The summed E-state index contributed by atoms with van der Waals surface area (Å²) in [6, 6.07) is 10.1. The zero-order valence-electron chi connectivity index (χ0n) is 14.1. The first kappa shape index (κ1) is 20.1. The number of hydrogen-bond donors (Lipinski definition) is 1. The maximum atomic E-state index is 12.5. The van der Waals surface area contributed by atoms with E-state index in [2.05, 4.69) is 5.32 Å². The summed E-state index contributed by atoms with van der Waals surface area (Å²) in [6.07, 6.45) is 1.39. The van der Waals surface area contributed by atoms with Gasteiger partial charge < -0.3 is 10.1 Å². The van der Waals surface area contributed by atoms with E-state index in [1.165, 1.54) is 12.1 Å². The summed E-state index contributed by atoms with van der Waals surface area (Å²) < 4.78 is 5.51. The standard InChI is InChI=1S/C19H15Cl3N2O2/c1-3-26-18-12(7-15(21)8-16(18)22)6-13(10-23)19(25)24-17-9-14(20)5-4-11(17)2/h4-9H,3H2,1-2H3,(H,24,25)/b13-6+. The van der Waals surface area contributed by atoms with Crippen molar-refractivity contribution in [2.45, 2.75) is 13.8 Å². The van der Waals surface area contributed by atoms with Crippen molar-refractivity contribution in [2.75, 3.05) is 11.9 Å². The van der Waals surface area contributed by atoms with Gasteiger partial charge >= 0.3 is 0 Å². The van der Waals surface area contributed by atoms with Gasteiger partial charge in [0, 0.05) is 21.3 Å². The zero-order valence-corrected chi connectivity index (χ0v) is 16.3. The molecule has 0 bridgehead atoms. The maximum Gasteiger partial charge on any atom is 0.266 e. The quantitative estimate of drug-likeness (QED) is 0.494. The van der Waals surface area contributed by atoms with Gasteiger partial charge in [0.1, 0.15) is 17.4 Å². The summed E-state index contributed by atoms with van der Waals surface area (Å²) in [5.41, 5.74) is 1.67. The second-order valence-corrected chi connectivity index (χ2v) is 6.60. The molecule has 2 aromatic carbocycles. The van der Waals surface area contributed by atoms with Crippen molar-refractivity contribution in [1.29, 1.82) is 5.26 Å². The van der Waals surface area contributed by atoms with Gasteiger partial charge in [-0.25, -0.2) is 0 Å². The summed E-state index contributed by atoms with van der Waals surface area (Å²) in [5, 5.41) is 13.2. The highest BCUT2D eigenvalue weighted by Crippen LogP contribution is 2.34. The molecule has 26 heavy (non-hydrogen) atoms. The summed E-state index contributed by atoms with van der Waals surface area (Å²) in [5.74, 6) is -0.213. The van der Waals surface area contributed by atoms with Crippen LogP contribution < -0.4 is 10.1 Å². The number of hydrogen-bond acceptors (Lipinski definition) is 3. The van der Waals surface area contributed by atoms with Crippen molar-refractivity contribution < 1.29 is 9.53 Å². The normalized spacial score (nSPS) is 11.0. The number of nitrogens with zero attached hydrogens (tertiary/aromatic N) is 1. The fourth-order valence-corrected chi connectivity index (χ4v) is 2.94. The first-order chi connectivity index (χ1) is 12.3. The lowest BCUT2D eigenvalue weighted by Crippen LogP contribution is -2.14. The molecule has 134 valence electrons. The number of carbonyl (C=O) groups excluding carboxylic acids is 1. The Bertz CT molecular complexity index is 918. The van der Waals surface area contributed by atoms with E-state index in [1.807, 2.05) is 13.0 Å². The van der Waals surface area contributed by atoms with Crippen LogP contribution in [-0.4, -0.2) is 12.5 Å². The van der Waals surface area contributed by atoms with Crippen molar-refractivity contribution in [3.63, 3.8) is 0 Å². The Hall–Kier alpha value is -2.19. The van der Waals surface area contributed by atoms with Crippen molar-refractivity contribution in [1.82, 2.24) is 0 Å². The van der Waals surface area contributed by atoms with Gasteiger partial charge in [-0.05, 0) is 49.8 Å². The van der Waals surface area contributed by atoms with E-state index in [0.717, 1.165) is 5.56 Å². The second kappa shape index (κ2) is 8.95. The van der Waals surface area contributed by atoms with Crippen molar-refractivity contribution in [2.24, 2.45) is 0 Å². The van der Waals surface area contributed by atoms with Crippen molar-refractivity contribution in [3.05, 3.63) is 62.1 Å². The molecular formula is C19H15Cl3N2O2. The molecule has 0 unspecified atom stereocenters. The Morgan fingerprint density at radius 2 is 1.96 bits per heavy atom. The van der Waals surface area contributed by atoms with Crippen LogP contribution in [0.3, 0.4) is 0 Å². The number of nitrogens with one attached hydrogen (secondary N) is 1. The minimum Gasteiger partial charge on any atom is -0.492 e. The molecule has 0 saturated carbocycles. The lowest BCUT2D eigenvalue weighted by molar-refractivity contribution is -0.112. The van der Waals surface area contributed by atoms with E-state index in [-0.39, 0.29) is 5.57 Å². The number of halogens is 3. The molecule has 0 radical (unpaired) electrons. The van der Waals surface area contributed by atoms with Gasteiger partial charge in [-0.2, -0.15) is 5.26 Å². The number of rotatable bonds is 5. The molecule has 2 rings (SSSR count). The van der Waals surface area contributed by atoms with E-state index in [9.17, 15) is 10.1 Å². The van der Waals surface area contributed by atoms with E-state index < -0.39 is 5.91 Å². The lowest BCUT2D eigenvalue weighted by atomic mass is 10.1. The summed E-state index contributed by atoms with van der Waals surface area (Å²) in [6.45, 7) is 4.00. The minimum atomic E-state index is -0.573. The van der Waals surface area contributed by atoms with Gasteiger partial charge in [0.15, 0.2) is 0 Å². The first-order valence-corrected chi connectivity index (χ1v) is 8.80. The highest BCUT2D eigenvalue weighted by Gasteiger charge is 2.15. The number of benzene rings is 2. The second-order valence-electron chi connectivity index (χ2n) is 5.32. The van der Waals surface area contributed by atoms with Crippen LogP contribution in [-0.2, 0) is 4.79 Å². The van der Waals surface area contributed by atoms with E-state index >= 15 is 0 Å². The highest BCUT2D eigenvalue weighted by molar-refractivity contribution is 6.36.